The fourth-order valence-electron chi connectivity index (χ4n) is 0.950. The monoisotopic (exact) mass is 173 g/mol. The number of hydrogen-bond donors (Lipinski definition) is 0. The highest BCUT2D eigenvalue weighted by Crippen LogP contribution is 2.12. The summed E-state index contributed by atoms with van der Waals surface area (Å²) in [5.74, 6) is 0. The van der Waals surface area contributed by atoms with Crippen LogP contribution in [0.15, 0.2) is 0 Å². The molecule has 0 saturated carbocycles. The highest BCUT2D eigenvalue weighted by molar-refractivity contribution is 4.75. The lowest BCUT2D eigenvalue weighted by molar-refractivity contribution is 0.0414. The van der Waals surface area contributed by atoms with Gasteiger partial charge in [0.2, 0.25) is 0 Å². The molecule has 0 saturated heterocycles. The summed E-state index contributed by atoms with van der Waals surface area (Å²) in [5.41, 5.74) is 0.242. The van der Waals surface area contributed by atoms with E-state index in [2.05, 4.69) is 39.6 Å². The van der Waals surface area contributed by atoms with E-state index >= 15 is 0 Å². The molecule has 0 aromatic heterocycles. The molecule has 12 heavy (non-hydrogen) atoms. The molecule has 0 aliphatic carbocycles. The van der Waals surface area contributed by atoms with Gasteiger partial charge in [-0.3, -0.25) is 4.90 Å². The zero-order valence-electron chi connectivity index (χ0n) is 9.35. The molecule has 2 nitrogen and oxygen atoms in total. The van der Waals surface area contributed by atoms with Crippen LogP contribution in [0.25, 0.3) is 0 Å². The summed E-state index contributed by atoms with van der Waals surface area (Å²) in [6.07, 6.45) is 1.45. The van der Waals surface area contributed by atoms with Gasteiger partial charge in [-0.05, 0) is 34.2 Å². The van der Waals surface area contributed by atoms with Crippen LogP contribution in [0, 0.1) is 0 Å². The molecule has 0 aliphatic rings. The van der Waals surface area contributed by atoms with Crippen LogP contribution in [-0.4, -0.2) is 37.2 Å². The quantitative estimate of drug-likeness (QED) is 0.646. The van der Waals surface area contributed by atoms with Gasteiger partial charge in [0.15, 0.2) is 0 Å². The first-order valence-corrected chi connectivity index (χ1v) is 4.65. The highest BCUT2D eigenvalue weighted by atomic mass is 16.5. The van der Waals surface area contributed by atoms with E-state index in [0.717, 1.165) is 13.0 Å². The SMILES string of the molecule is CCC(CN(C)C(C)(C)C)OC. The van der Waals surface area contributed by atoms with E-state index in [-0.39, 0.29) is 5.54 Å². The number of ether oxygens (including phenoxy) is 1. The zero-order valence-corrected chi connectivity index (χ0v) is 9.35. The van der Waals surface area contributed by atoms with Gasteiger partial charge in [-0.1, -0.05) is 6.92 Å². The molecule has 0 aromatic carbocycles. The molecule has 0 amide bonds. The normalized spacial score (nSPS) is 15.2. The molecule has 0 aromatic rings. The van der Waals surface area contributed by atoms with E-state index in [9.17, 15) is 0 Å². The van der Waals surface area contributed by atoms with Crippen molar-refractivity contribution in [3.8, 4) is 0 Å². The molecule has 0 fully saturated rings. The lowest BCUT2D eigenvalue weighted by Gasteiger charge is -2.34. The van der Waals surface area contributed by atoms with E-state index in [1.807, 2.05) is 0 Å². The summed E-state index contributed by atoms with van der Waals surface area (Å²) in [7, 11) is 3.92. The first kappa shape index (κ1) is 11.9. The zero-order chi connectivity index (χ0) is 9.78. The molecule has 2 heteroatoms. The van der Waals surface area contributed by atoms with E-state index in [1.54, 1.807) is 7.11 Å². The Kier molecular flexibility index (Phi) is 4.80. The number of nitrogens with zero attached hydrogens (tertiary/aromatic N) is 1. The molecule has 74 valence electrons. The Labute approximate surface area is 76.9 Å². The summed E-state index contributed by atoms with van der Waals surface area (Å²) in [6, 6.07) is 0. The Bertz CT molecular complexity index is 113. The first-order chi connectivity index (χ1) is 5.41. The van der Waals surface area contributed by atoms with Crippen LogP contribution in [0.1, 0.15) is 34.1 Å². The lowest BCUT2D eigenvalue weighted by atomic mass is 10.1. The average Bonchev–Trinajstić information content (AvgIpc) is 1.97. The summed E-state index contributed by atoms with van der Waals surface area (Å²) in [5, 5.41) is 0. The van der Waals surface area contributed by atoms with Crippen LogP contribution in [-0.2, 0) is 4.74 Å². The van der Waals surface area contributed by atoms with Crippen LogP contribution in [0.2, 0.25) is 0 Å². The molecular weight excluding hydrogens is 150 g/mol. The molecule has 0 radical (unpaired) electrons. The lowest BCUT2D eigenvalue weighted by Crippen LogP contribution is -2.42. The van der Waals surface area contributed by atoms with Crippen molar-refractivity contribution in [1.29, 1.82) is 0 Å². The van der Waals surface area contributed by atoms with Crippen molar-refractivity contribution >= 4 is 0 Å². The predicted octanol–water partition coefficient (Wildman–Crippen LogP) is 2.14. The van der Waals surface area contributed by atoms with Crippen LogP contribution >= 0.6 is 0 Å². The van der Waals surface area contributed by atoms with Crippen LogP contribution in [0.5, 0.6) is 0 Å². The van der Waals surface area contributed by atoms with Crippen molar-refractivity contribution in [2.45, 2.75) is 45.8 Å². The molecular formula is C10H23NO. The minimum absolute atomic E-state index is 0.242. The van der Waals surface area contributed by atoms with Crippen LogP contribution in [0.3, 0.4) is 0 Å². The molecule has 1 unspecified atom stereocenters. The fraction of sp³-hybridized carbons (Fsp3) is 1.00. The highest BCUT2D eigenvalue weighted by Gasteiger charge is 2.19. The molecule has 1 atom stereocenters. The summed E-state index contributed by atoms with van der Waals surface area (Å²) < 4.78 is 5.32. The molecule has 0 N–H and O–H groups in total. The standard InChI is InChI=1S/C10H23NO/c1-7-9(12-6)8-11(5)10(2,3)4/h9H,7-8H2,1-6H3. The Morgan fingerprint density at radius 1 is 1.33 bits per heavy atom. The molecule has 0 spiro atoms. The number of likely N-dealkylation sites (N-methyl/N-ethyl adjacent to an activating group) is 1. The van der Waals surface area contributed by atoms with Gasteiger partial charge in [0.25, 0.3) is 0 Å². The third-order valence-corrected chi connectivity index (χ3v) is 2.41. The van der Waals surface area contributed by atoms with Crippen molar-refractivity contribution in [2.24, 2.45) is 0 Å². The van der Waals surface area contributed by atoms with Crippen molar-refractivity contribution in [2.75, 3.05) is 20.7 Å². The van der Waals surface area contributed by atoms with E-state index < -0.39 is 0 Å². The maximum atomic E-state index is 5.32. The first-order valence-electron chi connectivity index (χ1n) is 4.65. The molecule has 0 aliphatic heterocycles. The Balaban J connectivity index is 3.90. The number of hydrogen-bond acceptors (Lipinski definition) is 2. The third kappa shape index (κ3) is 4.07. The minimum Gasteiger partial charge on any atom is -0.380 e. The maximum Gasteiger partial charge on any atom is 0.0695 e. The second kappa shape index (κ2) is 4.83. The Morgan fingerprint density at radius 3 is 2.08 bits per heavy atom. The maximum absolute atomic E-state index is 5.32. The van der Waals surface area contributed by atoms with E-state index in [4.69, 9.17) is 4.74 Å². The number of methoxy groups -OCH3 is 1. The Hall–Kier alpha value is -0.0800. The van der Waals surface area contributed by atoms with Gasteiger partial charge in [0.1, 0.15) is 0 Å². The van der Waals surface area contributed by atoms with Crippen molar-refractivity contribution < 1.29 is 4.74 Å². The van der Waals surface area contributed by atoms with E-state index in [0.29, 0.717) is 6.10 Å². The van der Waals surface area contributed by atoms with Crippen LogP contribution in [0.4, 0.5) is 0 Å². The third-order valence-electron chi connectivity index (χ3n) is 2.41. The number of rotatable bonds is 4. The van der Waals surface area contributed by atoms with Gasteiger partial charge in [-0.2, -0.15) is 0 Å². The van der Waals surface area contributed by atoms with Gasteiger partial charge < -0.3 is 4.74 Å². The van der Waals surface area contributed by atoms with Gasteiger partial charge in [-0.25, -0.2) is 0 Å². The van der Waals surface area contributed by atoms with Crippen molar-refractivity contribution in [3.05, 3.63) is 0 Å². The minimum atomic E-state index is 0.242. The van der Waals surface area contributed by atoms with Gasteiger partial charge in [-0.15, -0.1) is 0 Å². The van der Waals surface area contributed by atoms with E-state index in [1.165, 1.54) is 0 Å². The van der Waals surface area contributed by atoms with Crippen LogP contribution < -0.4 is 0 Å². The van der Waals surface area contributed by atoms with Gasteiger partial charge >= 0.3 is 0 Å². The molecule has 0 heterocycles. The van der Waals surface area contributed by atoms with Crippen molar-refractivity contribution in [1.82, 2.24) is 4.90 Å². The topological polar surface area (TPSA) is 12.5 Å². The van der Waals surface area contributed by atoms with Gasteiger partial charge in [0.05, 0.1) is 6.10 Å². The average molecular weight is 173 g/mol. The second-order valence-electron chi connectivity index (χ2n) is 4.32. The van der Waals surface area contributed by atoms with Crippen molar-refractivity contribution in [3.63, 3.8) is 0 Å². The summed E-state index contributed by atoms with van der Waals surface area (Å²) in [4.78, 5) is 2.32. The largest absolute Gasteiger partial charge is 0.380 e. The predicted molar refractivity (Wildman–Crippen MR) is 53.5 cm³/mol. The van der Waals surface area contributed by atoms with Gasteiger partial charge in [0, 0.05) is 19.2 Å². The molecule has 0 bridgehead atoms. The fourth-order valence-corrected chi connectivity index (χ4v) is 0.950. The molecule has 0 rings (SSSR count). The smallest absolute Gasteiger partial charge is 0.0695 e. The Morgan fingerprint density at radius 2 is 1.83 bits per heavy atom. The summed E-state index contributed by atoms with van der Waals surface area (Å²) >= 11 is 0. The summed E-state index contributed by atoms with van der Waals surface area (Å²) in [6.45, 7) is 9.82. The second-order valence-corrected chi connectivity index (χ2v) is 4.32.